The molecule has 0 saturated heterocycles. The van der Waals surface area contributed by atoms with E-state index in [4.69, 9.17) is 10.5 Å². The zero-order chi connectivity index (χ0) is 13.5. The monoisotopic (exact) mass is 260 g/mol. The second-order valence-corrected chi connectivity index (χ2v) is 5.46. The molecule has 2 heterocycles. The van der Waals surface area contributed by atoms with Crippen molar-refractivity contribution in [3.63, 3.8) is 0 Å². The second kappa shape index (κ2) is 4.49. The Labute approximate surface area is 112 Å². The molecule has 0 bridgehead atoms. The maximum absolute atomic E-state index is 6.64. The molecule has 0 radical (unpaired) electrons. The third kappa shape index (κ3) is 1.98. The van der Waals surface area contributed by atoms with Gasteiger partial charge in [0.15, 0.2) is 0 Å². The molecule has 1 aliphatic carbocycles. The number of hydrogen-bond acceptors (Lipinski definition) is 4. The minimum absolute atomic E-state index is 0.253. The van der Waals surface area contributed by atoms with Crippen LogP contribution in [0.4, 0.5) is 0 Å². The molecule has 0 aromatic carbocycles. The van der Waals surface area contributed by atoms with Crippen LogP contribution >= 0.6 is 0 Å². The van der Waals surface area contributed by atoms with E-state index < -0.39 is 0 Å². The number of methoxy groups -OCH3 is 1. The molecule has 0 amide bonds. The first-order valence-electron chi connectivity index (χ1n) is 6.79. The zero-order valence-electron chi connectivity index (χ0n) is 11.5. The Bertz CT molecular complexity index is 599. The molecule has 0 aliphatic heterocycles. The molecule has 2 N–H and O–H groups in total. The van der Waals surface area contributed by atoms with Crippen molar-refractivity contribution >= 4 is 11.0 Å². The lowest BCUT2D eigenvalue weighted by molar-refractivity contribution is 0.303. The average Bonchev–Trinajstić information content (AvgIpc) is 2.77. The first kappa shape index (κ1) is 12.4. The van der Waals surface area contributed by atoms with Gasteiger partial charge in [-0.15, -0.1) is 0 Å². The quantitative estimate of drug-likeness (QED) is 0.898. The van der Waals surface area contributed by atoms with Crippen molar-refractivity contribution in [2.24, 2.45) is 12.8 Å². The molecule has 0 spiro atoms. The second-order valence-electron chi connectivity index (χ2n) is 5.46. The van der Waals surface area contributed by atoms with Crippen LogP contribution in [0.25, 0.3) is 11.0 Å². The van der Waals surface area contributed by atoms with Crippen LogP contribution in [0, 0.1) is 0 Å². The number of nitrogens with two attached hydrogens (primary N) is 1. The Balaban J connectivity index is 2.17. The third-order valence-electron chi connectivity index (χ3n) is 4.17. The van der Waals surface area contributed by atoms with E-state index in [-0.39, 0.29) is 5.54 Å². The van der Waals surface area contributed by atoms with Crippen molar-refractivity contribution in [1.29, 1.82) is 0 Å². The van der Waals surface area contributed by atoms with Crippen LogP contribution in [0.15, 0.2) is 12.4 Å². The highest BCUT2D eigenvalue weighted by Crippen LogP contribution is 2.38. The fourth-order valence-electron chi connectivity index (χ4n) is 3.05. The van der Waals surface area contributed by atoms with Crippen molar-refractivity contribution in [3.05, 3.63) is 18.0 Å². The number of aromatic nitrogens is 3. The minimum Gasteiger partial charge on any atom is -0.467 e. The highest BCUT2D eigenvalue weighted by molar-refractivity contribution is 5.80. The summed E-state index contributed by atoms with van der Waals surface area (Å²) in [6.45, 7) is 0. The third-order valence-corrected chi connectivity index (χ3v) is 4.17. The molecule has 0 atom stereocenters. The summed E-state index contributed by atoms with van der Waals surface area (Å²) in [5.41, 5.74) is 9.45. The molecule has 3 rings (SSSR count). The number of fused-ring (bicyclic) bond motifs is 1. The standard InChI is InChI=1S/C14H20N4O/c1-18-9-10(14(15)6-4-3-5-7-14)12-11(18)8-16-13(17-12)19-2/h8-9H,3-7,15H2,1-2H3. The molecule has 2 aromatic rings. The largest absolute Gasteiger partial charge is 0.467 e. The Hall–Kier alpha value is -1.62. The number of nitrogens with zero attached hydrogens (tertiary/aromatic N) is 3. The Kier molecular flexibility index (Phi) is 2.93. The minimum atomic E-state index is -0.253. The SMILES string of the molecule is COc1ncc2c(n1)c(C1(N)CCCCC1)cn2C. The lowest BCUT2D eigenvalue weighted by atomic mass is 9.78. The van der Waals surface area contributed by atoms with E-state index in [0.29, 0.717) is 6.01 Å². The number of rotatable bonds is 2. The summed E-state index contributed by atoms with van der Waals surface area (Å²) in [6.07, 6.45) is 9.62. The van der Waals surface area contributed by atoms with Crippen LogP contribution in [0.1, 0.15) is 37.7 Å². The van der Waals surface area contributed by atoms with Gasteiger partial charge in [0.1, 0.15) is 5.52 Å². The Morgan fingerprint density at radius 2 is 2.05 bits per heavy atom. The fraction of sp³-hybridized carbons (Fsp3) is 0.571. The summed E-state index contributed by atoms with van der Waals surface area (Å²) in [5.74, 6) is 0. The van der Waals surface area contributed by atoms with Crippen LogP contribution in [-0.4, -0.2) is 21.6 Å². The van der Waals surface area contributed by atoms with E-state index >= 15 is 0 Å². The molecule has 19 heavy (non-hydrogen) atoms. The van der Waals surface area contributed by atoms with Gasteiger partial charge in [-0.3, -0.25) is 0 Å². The van der Waals surface area contributed by atoms with E-state index in [1.165, 1.54) is 19.3 Å². The molecule has 5 heteroatoms. The van der Waals surface area contributed by atoms with Gasteiger partial charge in [0, 0.05) is 24.3 Å². The van der Waals surface area contributed by atoms with Gasteiger partial charge < -0.3 is 15.0 Å². The Morgan fingerprint density at radius 1 is 1.32 bits per heavy atom. The summed E-state index contributed by atoms with van der Waals surface area (Å²) in [7, 11) is 3.59. The molecule has 102 valence electrons. The van der Waals surface area contributed by atoms with E-state index in [1.807, 2.05) is 11.6 Å². The predicted octanol–water partition coefficient (Wildman–Crippen LogP) is 2.09. The maximum atomic E-state index is 6.64. The van der Waals surface area contributed by atoms with Crippen molar-refractivity contribution in [3.8, 4) is 6.01 Å². The summed E-state index contributed by atoms with van der Waals surface area (Å²) in [6, 6.07) is 0.402. The van der Waals surface area contributed by atoms with Crippen molar-refractivity contribution in [2.75, 3.05) is 7.11 Å². The van der Waals surface area contributed by atoms with E-state index in [0.717, 1.165) is 29.4 Å². The Morgan fingerprint density at radius 3 is 2.74 bits per heavy atom. The number of hydrogen-bond donors (Lipinski definition) is 1. The lowest BCUT2D eigenvalue weighted by Crippen LogP contribution is -2.38. The summed E-state index contributed by atoms with van der Waals surface area (Å²) in [4.78, 5) is 8.67. The molecule has 2 aromatic heterocycles. The first-order chi connectivity index (χ1) is 9.14. The van der Waals surface area contributed by atoms with E-state index in [9.17, 15) is 0 Å². The highest BCUT2D eigenvalue weighted by atomic mass is 16.5. The lowest BCUT2D eigenvalue weighted by Gasteiger charge is -2.33. The molecule has 0 unspecified atom stereocenters. The van der Waals surface area contributed by atoms with Gasteiger partial charge in [-0.25, -0.2) is 4.98 Å². The highest BCUT2D eigenvalue weighted by Gasteiger charge is 2.33. The van der Waals surface area contributed by atoms with Crippen LogP contribution < -0.4 is 10.5 Å². The molecule has 5 nitrogen and oxygen atoms in total. The molecular formula is C14H20N4O. The maximum Gasteiger partial charge on any atom is 0.316 e. The predicted molar refractivity (Wildman–Crippen MR) is 74.0 cm³/mol. The van der Waals surface area contributed by atoms with Crippen LogP contribution in [0.3, 0.4) is 0 Å². The van der Waals surface area contributed by atoms with Gasteiger partial charge in [0.25, 0.3) is 0 Å². The smallest absolute Gasteiger partial charge is 0.316 e. The summed E-state index contributed by atoms with van der Waals surface area (Å²) in [5, 5.41) is 0. The fourth-order valence-corrected chi connectivity index (χ4v) is 3.05. The normalized spacial score (nSPS) is 18.7. The van der Waals surface area contributed by atoms with Gasteiger partial charge in [0.2, 0.25) is 0 Å². The molecule has 1 aliphatic rings. The van der Waals surface area contributed by atoms with Crippen LogP contribution in [-0.2, 0) is 12.6 Å². The number of ether oxygens (including phenoxy) is 1. The molecule has 1 fully saturated rings. The van der Waals surface area contributed by atoms with E-state index in [1.54, 1.807) is 13.3 Å². The number of aryl methyl sites for hydroxylation is 1. The van der Waals surface area contributed by atoms with Crippen LogP contribution in [0.5, 0.6) is 6.01 Å². The summed E-state index contributed by atoms with van der Waals surface area (Å²) >= 11 is 0. The summed E-state index contributed by atoms with van der Waals surface area (Å²) < 4.78 is 7.18. The molecule has 1 saturated carbocycles. The van der Waals surface area contributed by atoms with Gasteiger partial charge >= 0.3 is 6.01 Å². The van der Waals surface area contributed by atoms with Gasteiger partial charge in [-0.05, 0) is 12.8 Å². The zero-order valence-corrected chi connectivity index (χ0v) is 11.5. The first-order valence-corrected chi connectivity index (χ1v) is 6.79. The van der Waals surface area contributed by atoms with Crippen molar-refractivity contribution in [2.45, 2.75) is 37.6 Å². The van der Waals surface area contributed by atoms with Crippen molar-refractivity contribution < 1.29 is 4.74 Å². The van der Waals surface area contributed by atoms with Crippen molar-refractivity contribution in [1.82, 2.24) is 14.5 Å². The topological polar surface area (TPSA) is 66.0 Å². The molecular weight excluding hydrogens is 240 g/mol. The van der Waals surface area contributed by atoms with Crippen LogP contribution in [0.2, 0.25) is 0 Å². The van der Waals surface area contributed by atoms with Gasteiger partial charge in [0.05, 0.1) is 18.8 Å². The van der Waals surface area contributed by atoms with Gasteiger partial charge in [-0.2, -0.15) is 4.98 Å². The average molecular weight is 260 g/mol. The van der Waals surface area contributed by atoms with Gasteiger partial charge in [-0.1, -0.05) is 19.3 Å². The van der Waals surface area contributed by atoms with E-state index in [2.05, 4.69) is 16.2 Å².